The van der Waals surface area contributed by atoms with E-state index >= 15 is 0 Å². The highest BCUT2D eigenvalue weighted by Crippen LogP contribution is 2.44. The van der Waals surface area contributed by atoms with Crippen LogP contribution in [0.1, 0.15) is 17.5 Å². The number of hydrogen-bond acceptors (Lipinski definition) is 31. The van der Waals surface area contributed by atoms with Gasteiger partial charge in [0.2, 0.25) is 24.6 Å². The average molecular weight is 1310 g/mol. The number of carbonyl (C=O) groups excluding carboxylic acids is 3. The fourth-order valence-electron chi connectivity index (χ4n) is 9.89. The maximum Gasteiger partial charge on any atom is 0.402 e. The number of benzene rings is 4. The molecule has 0 amide bonds. The molecule has 9 rings (SSSR count). The summed E-state index contributed by atoms with van der Waals surface area (Å²) >= 11 is 0. The van der Waals surface area contributed by atoms with Crippen molar-refractivity contribution in [2.45, 2.75) is 123 Å². The molecule has 0 bridgehead atoms. The molecule has 4 aliphatic rings. The summed E-state index contributed by atoms with van der Waals surface area (Å²) in [7, 11) is 1.29. The molecule has 0 spiro atoms. The van der Waals surface area contributed by atoms with Crippen LogP contribution in [0.25, 0.3) is 34.4 Å². The Balaban J connectivity index is 1.03. The molecule has 5 heterocycles. The van der Waals surface area contributed by atoms with Crippen molar-refractivity contribution in [3.63, 3.8) is 0 Å². The Kier molecular flexibility index (Phi) is 22.2. The van der Waals surface area contributed by atoms with E-state index in [2.05, 4.69) is 0 Å². The summed E-state index contributed by atoms with van der Waals surface area (Å²) in [6.07, 6.45) is -32.1. The Morgan fingerprint density at radius 2 is 1.16 bits per heavy atom. The number of aliphatic carboxylic acids is 1. The first-order valence-corrected chi connectivity index (χ1v) is 28.2. The summed E-state index contributed by atoms with van der Waals surface area (Å²) in [6, 6.07) is 16.2. The Labute approximate surface area is 523 Å². The number of phenolic OH excluding ortho intramolecular Hbond substituents is 4. The van der Waals surface area contributed by atoms with E-state index in [9.17, 15) is 95.8 Å². The summed E-state index contributed by atoms with van der Waals surface area (Å²) in [6.45, 7) is -3.11. The molecule has 4 aliphatic heterocycles. The van der Waals surface area contributed by atoms with Crippen LogP contribution in [0.15, 0.2) is 95.4 Å². The summed E-state index contributed by atoms with van der Waals surface area (Å²) < 4.78 is 74.5. The van der Waals surface area contributed by atoms with E-state index in [1.54, 1.807) is 0 Å². The Morgan fingerprint density at radius 3 is 1.84 bits per heavy atom. The minimum absolute atomic E-state index is 0.0537. The van der Waals surface area contributed by atoms with Crippen LogP contribution in [0.2, 0.25) is 0 Å². The molecule has 1 aromatic heterocycles. The molecule has 0 aliphatic carbocycles. The molecule has 93 heavy (non-hydrogen) atoms. The molecule has 0 unspecified atom stereocenters. The molecule has 5 aromatic rings. The predicted octanol–water partition coefficient (Wildman–Crippen LogP) is -2.23. The van der Waals surface area contributed by atoms with Crippen LogP contribution in [-0.2, 0) is 57.1 Å². The number of carboxylic acids is 1. The van der Waals surface area contributed by atoms with Gasteiger partial charge in [0.15, 0.2) is 41.5 Å². The van der Waals surface area contributed by atoms with E-state index in [4.69, 9.17) is 66.4 Å². The second kappa shape index (κ2) is 30.0. The molecular formula is C60H65O33+. The number of esters is 3. The zero-order chi connectivity index (χ0) is 67.1. The second-order valence-corrected chi connectivity index (χ2v) is 21.4. The van der Waals surface area contributed by atoms with Crippen molar-refractivity contribution in [2.75, 3.05) is 33.5 Å². The second-order valence-electron chi connectivity index (χ2n) is 21.4. The normalized spacial score (nSPS) is 30.6. The first kappa shape index (κ1) is 68.8. The van der Waals surface area contributed by atoms with Gasteiger partial charge in [-0.3, -0.25) is 9.59 Å². The highest BCUT2D eigenvalue weighted by atomic mass is 16.8. The quantitative estimate of drug-likeness (QED) is 0.00870. The summed E-state index contributed by atoms with van der Waals surface area (Å²) in [5.41, 5.74) is 0.309. The van der Waals surface area contributed by atoms with Crippen molar-refractivity contribution in [1.29, 1.82) is 0 Å². The molecule has 19 atom stereocenters. The van der Waals surface area contributed by atoms with E-state index in [0.29, 0.717) is 11.1 Å². The van der Waals surface area contributed by atoms with Gasteiger partial charge in [-0.1, -0.05) is 18.2 Å². The summed E-state index contributed by atoms with van der Waals surface area (Å²) in [4.78, 5) is 49.9. The molecular weight excluding hydrogens is 1250 g/mol. The van der Waals surface area contributed by atoms with Gasteiger partial charge in [0.1, 0.15) is 122 Å². The Bertz CT molecular complexity index is 3510. The minimum atomic E-state index is -2.21. The average Bonchev–Trinajstić information content (AvgIpc) is 1.09. The summed E-state index contributed by atoms with van der Waals surface area (Å²) in [5, 5.41) is 170. The van der Waals surface area contributed by atoms with E-state index in [1.165, 1.54) is 67.8 Å². The van der Waals surface area contributed by atoms with Gasteiger partial charge >= 0.3 is 35.2 Å². The predicted molar refractivity (Wildman–Crippen MR) is 304 cm³/mol. The topological polar surface area (TPSA) is 514 Å². The number of methoxy groups -OCH3 is 1. The van der Waals surface area contributed by atoms with Gasteiger partial charge in [-0.05, 0) is 59.7 Å². The van der Waals surface area contributed by atoms with Crippen molar-refractivity contribution >= 4 is 47.0 Å². The molecule has 4 saturated heterocycles. The molecule has 0 radical (unpaired) electrons. The van der Waals surface area contributed by atoms with E-state index in [-0.39, 0.29) is 33.8 Å². The third-order valence-corrected chi connectivity index (χ3v) is 14.9. The van der Waals surface area contributed by atoms with Gasteiger partial charge in [0, 0.05) is 30.4 Å². The summed E-state index contributed by atoms with van der Waals surface area (Å²) in [5.74, 6) is -8.33. The van der Waals surface area contributed by atoms with Gasteiger partial charge in [0.05, 0.1) is 32.0 Å². The fourth-order valence-corrected chi connectivity index (χ4v) is 9.89. The maximum absolute atomic E-state index is 13.4. The maximum atomic E-state index is 13.4. The van der Waals surface area contributed by atoms with Crippen molar-refractivity contribution in [2.24, 2.45) is 0 Å². The molecule has 33 nitrogen and oxygen atoms in total. The van der Waals surface area contributed by atoms with Gasteiger partial charge < -0.3 is 139 Å². The van der Waals surface area contributed by atoms with Gasteiger partial charge in [-0.25, -0.2) is 14.0 Å². The lowest BCUT2D eigenvalue weighted by atomic mass is 9.98. The van der Waals surface area contributed by atoms with Crippen LogP contribution >= 0.6 is 0 Å². The number of aliphatic hydroxyl groups is 11. The Hall–Kier alpha value is -8.59. The number of ether oxygens (including phenoxy) is 12. The van der Waals surface area contributed by atoms with Crippen molar-refractivity contribution in [1.82, 2.24) is 0 Å². The van der Waals surface area contributed by atoms with Gasteiger partial charge in [-0.15, -0.1) is 0 Å². The van der Waals surface area contributed by atoms with Crippen LogP contribution < -0.4 is 18.9 Å². The highest BCUT2D eigenvalue weighted by Gasteiger charge is 2.53. The molecule has 4 fully saturated rings. The molecule has 33 heteroatoms. The largest absolute Gasteiger partial charge is 0.507 e. The van der Waals surface area contributed by atoms with Crippen molar-refractivity contribution < 1.29 is 162 Å². The Morgan fingerprint density at radius 1 is 0.559 bits per heavy atom. The number of aromatic hydroxyl groups is 4. The number of rotatable bonds is 22. The van der Waals surface area contributed by atoms with Crippen LogP contribution in [0.4, 0.5) is 0 Å². The minimum Gasteiger partial charge on any atom is -0.507 e. The number of aliphatic hydroxyl groups excluding tert-OH is 11. The van der Waals surface area contributed by atoms with Crippen LogP contribution in [0, 0.1) is 0 Å². The van der Waals surface area contributed by atoms with Crippen molar-refractivity contribution in [3.05, 3.63) is 102 Å². The molecule has 0 saturated carbocycles. The van der Waals surface area contributed by atoms with Gasteiger partial charge in [-0.2, -0.15) is 0 Å². The van der Waals surface area contributed by atoms with E-state index in [0.717, 1.165) is 42.5 Å². The SMILES string of the molecule is COc1cc(C=CC(=O)O[C@H]2[C@H](O[C@H]3[C@H](Oc4cc5c(O[C@@H]6O[C@H](COC(=O)CC(=O)O)[C@@H](O)[C@H](O)[C@H]6O)cc(O)cc5[o+]c4-c4ccc(O)c(O)c4)O[C@H](COC(=O)/C=C/c4ccc(O[C@@H]5O[C@H](CO)[C@@H](O)[C@H](O)[C@H]5O)cc4)[C@@H](O)[C@@H]3O)OC[C@@H](O)[C@@H]2O)ccc1O. The third-order valence-electron chi connectivity index (χ3n) is 14.9. The van der Waals surface area contributed by atoms with Crippen LogP contribution in [0.3, 0.4) is 0 Å². The number of hydrogen-bond donors (Lipinski definition) is 16. The van der Waals surface area contributed by atoms with E-state index < -0.39 is 208 Å². The number of fused-ring (bicyclic) bond motifs is 1. The fraction of sp³-hybridized carbons (Fsp3) is 0.417. The van der Waals surface area contributed by atoms with Crippen LogP contribution in [0.5, 0.6) is 46.0 Å². The first-order chi connectivity index (χ1) is 44.3. The lowest BCUT2D eigenvalue weighted by molar-refractivity contribution is -0.345. The first-order valence-electron chi connectivity index (χ1n) is 28.2. The highest BCUT2D eigenvalue weighted by molar-refractivity contribution is 5.91. The zero-order valence-electron chi connectivity index (χ0n) is 48.4. The molecule has 4 aromatic carbocycles. The van der Waals surface area contributed by atoms with E-state index in [1.807, 2.05) is 0 Å². The lowest BCUT2D eigenvalue weighted by Gasteiger charge is -2.45. The monoisotopic (exact) mass is 1310 g/mol. The standard InChI is InChI=1S/C60H64O33/c1-81-36-14-25(4-10-31(36)64)6-13-43(70)92-55-45(72)33(66)21-84-59(55)93-56-51(78)48(75)40(22-82-42(69)12-5-24-2-8-28(9-3-24)85-57-52(79)49(76)46(73)38(20-61)89-57)91-60(56)88-37-18-29-34(86-54(37)26-7-11-30(63)32(65)15-26)16-27(62)17-35(29)87-58-53(80)50(77)47(74)39(90-58)23-83-44(71)19-41(67)68/h2-18,33,38-40,45-53,55-61,66,72-80H,19-23H2,1H3,(H4-,62,63,64,65,67,68,70)/p+1/b12-5+/t33-,38-,39-,40-,45+,46-,47-,48-,49+,50+,51+,52-,53-,55-,56-,57-,58-,59+,60-/m1/s1. The number of phenols is 4. The zero-order valence-corrected chi connectivity index (χ0v) is 48.4. The van der Waals surface area contributed by atoms with Crippen LogP contribution in [-0.4, -0.2) is 256 Å². The van der Waals surface area contributed by atoms with Crippen molar-refractivity contribution in [3.8, 4) is 57.3 Å². The van der Waals surface area contributed by atoms with Gasteiger partial charge in [0.25, 0.3) is 0 Å². The lowest BCUT2D eigenvalue weighted by Crippen LogP contribution is -2.64. The number of carboxylic acid groups (broad SMARTS) is 1. The molecule has 502 valence electrons. The third kappa shape index (κ3) is 16.3. The molecule has 16 N–H and O–H groups in total. The number of carbonyl (C=O) groups is 4. The smallest absolute Gasteiger partial charge is 0.402 e.